The number of hydrogen-bond donors (Lipinski definition) is 2. The van der Waals surface area contributed by atoms with Gasteiger partial charge in [0.05, 0.1) is 18.1 Å². The molecule has 114 valence electrons. The van der Waals surface area contributed by atoms with Crippen LogP contribution in [-0.4, -0.2) is 61.3 Å². The molecule has 1 saturated carbocycles. The van der Waals surface area contributed by atoms with E-state index < -0.39 is 11.4 Å². The fraction of sp³-hybridized carbons (Fsp3) is 0.857. The Morgan fingerprint density at radius 3 is 2.70 bits per heavy atom. The Morgan fingerprint density at radius 1 is 1.40 bits per heavy atom. The van der Waals surface area contributed by atoms with Crippen LogP contribution in [0.5, 0.6) is 0 Å². The summed E-state index contributed by atoms with van der Waals surface area (Å²) < 4.78 is 5.57. The Morgan fingerprint density at radius 2 is 2.10 bits per heavy atom. The van der Waals surface area contributed by atoms with Gasteiger partial charge in [-0.2, -0.15) is 0 Å². The zero-order chi connectivity index (χ0) is 14.6. The Bertz CT molecular complexity index is 366. The standard InChI is InChI=1S/C14H24N2O4/c1-16-6-7-20-11(10-16)9-15-12(17)8-14(13(18)19)4-2-3-5-14/h11H,2-10H2,1H3,(H,15,17)(H,18,19). The van der Waals surface area contributed by atoms with Gasteiger partial charge in [0.15, 0.2) is 0 Å². The SMILES string of the molecule is CN1CCOC(CNC(=O)CC2(C(=O)O)CCCC2)C1. The molecular formula is C14H24N2O4. The quantitative estimate of drug-likeness (QED) is 0.767. The molecule has 20 heavy (non-hydrogen) atoms. The maximum Gasteiger partial charge on any atom is 0.310 e. The summed E-state index contributed by atoms with van der Waals surface area (Å²) >= 11 is 0. The normalized spacial score (nSPS) is 26.4. The summed E-state index contributed by atoms with van der Waals surface area (Å²) in [5.41, 5.74) is -0.839. The highest BCUT2D eigenvalue weighted by molar-refractivity contribution is 5.85. The van der Waals surface area contributed by atoms with E-state index in [0.29, 0.717) is 26.0 Å². The molecule has 6 nitrogen and oxygen atoms in total. The second-order valence-electron chi connectivity index (χ2n) is 6.03. The lowest BCUT2D eigenvalue weighted by Gasteiger charge is -2.30. The number of carboxylic acid groups (broad SMARTS) is 1. The molecule has 0 aromatic rings. The summed E-state index contributed by atoms with van der Waals surface area (Å²) in [6.07, 6.45) is 3.11. The molecule has 0 aromatic carbocycles. The first-order valence-electron chi connectivity index (χ1n) is 7.32. The summed E-state index contributed by atoms with van der Waals surface area (Å²) in [5, 5.41) is 12.2. The molecule has 2 N–H and O–H groups in total. The van der Waals surface area contributed by atoms with Crippen molar-refractivity contribution in [2.75, 3.05) is 33.3 Å². The molecular weight excluding hydrogens is 260 g/mol. The van der Waals surface area contributed by atoms with Crippen molar-refractivity contribution in [3.8, 4) is 0 Å². The van der Waals surface area contributed by atoms with Gasteiger partial charge in [-0.1, -0.05) is 12.8 Å². The molecule has 0 aromatic heterocycles. The number of hydrogen-bond acceptors (Lipinski definition) is 4. The van der Waals surface area contributed by atoms with Crippen LogP contribution in [0.4, 0.5) is 0 Å². The van der Waals surface area contributed by atoms with Gasteiger partial charge in [0.25, 0.3) is 0 Å². The highest BCUT2D eigenvalue weighted by atomic mass is 16.5. The second-order valence-corrected chi connectivity index (χ2v) is 6.03. The highest BCUT2D eigenvalue weighted by Crippen LogP contribution is 2.41. The predicted molar refractivity (Wildman–Crippen MR) is 73.4 cm³/mol. The Kier molecular flexibility index (Phi) is 4.99. The Balaban J connectivity index is 1.78. The zero-order valence-corrected chi connectivity index (χ0v) is 12.1. The molecule has 0 bridgehead atoms. The van der Waals surface area contributed by atoms with E-state index in [-0.39, 0.29) is 18.4 Å². The number of carboxylic acids is 1. The van der Waals surface area contributed by atoms with E-state index in [0.717, 1.165) is 25.9 Å². The van der Waals surface area contributed by atoms with E-state index in [4.69, 9.17) is 4.74 Å². The van der Waals surface area contributed by atoms with Crippen LogP contribution in [0.1, 0.15) is 32.1 Å². The number of carbonyl (C=O) groups is 2. The molecule has 1 aliphatic carbocycles. The summed E-state index contributed by atoms with van der Waals surface area (Å²) in [6.45, 7) is 2.84. The third-order valence-corrected chi connectivity index (χ3v) is 4.38. The van der Waals surface area contributed by atoms with E-state index in [1.54, 1.807) is 0 Å². The predicted octanol–water partition coefficient (Wildman–Crippen LogP) is 0.468. The van der Waals surface area contributed by atoms with Crippen LogP contribution in [0.3, 0.4) is 0 Å². The smallest absolute Gasteiger partial charge is 0.310 e. The van der Waals surface area contributed by atoms with Crippen molar-refractivity contribution in [3.05, 3.63) is 0 Å². The molecule has 2 fully saturated rings. The van der Waals surface area contributed by atoms with Gasteiger partial charge >= 0.3 is 5.97 Å². The first-order chi connectivity index (χ1) is 9.52. The summed E-state index contributed by atoms with van der Waals surface area (Å²) in [7, 11) is 2.02. The Labute approximate surface area is 119 Å². The molecule has 0 radical (unpaired) electrons. The number of carbonyl (C=O) groups excluding carboxylic acids is 1. The van der Waals surface area contributed by atoms with Crippen LogP contribution < -0.4 is 5.32 Å². The molecule has 1 amide bonds. The minimum atomic E-state index is -0.839. The van der Waals surface area contributed by atoms with Crippen LogP contribution in [0, 0.1) is 5.41 Å². The summed E-state index contributed by atoms with van der Waals surface area (Å²) in [4.78, 5) is 25.5. The average Bonchev–Trinajstić information content (AvgIpc) is 2.86. The average molecular weight is 284 g/mol. The molecule has 1 heterocycles. The number of amides is 1. The van der Waals surface area contributed by atoms with Crippen molar-refractivity contribution in [2.24, 2.45) is 5.41 Å². The van der Waals surface area contributed by atoms with Gasteiger partial charge in [-0.15, -0.1) is 0 Å². The lowest BCUT2D eigenvalue weighted by atomic mass is 9.82. The fourth-order valence-electron chi connectivity index (χ4n) is 3.11. The minimum absolute atomic E-state index is 0.00190. The second kappa shape index (κ2) is 6.54. The monoisotopic (exact) mass is 284 g/mol. The van der Waals surface area contributed by atoms with E-state index >= 15 is 0 Å². The van der Waals surface area contributed by atoms with Crippen LogP contribution in [0.25, 0.3) is 0 Å². The third kappa shape index (κ3) is 3.70. The third-order valence-electron chi connectivity index (χ3n) is 4.38. The van der Waals surface area contributed by atoms with Crippen LogP contribution in [0.15, 0.2) is 0 Å². The molecule has 6 heteroatoms. The minimum Gasteiger partial charge on any atom is -0.481 e. The molecule has 1 unspecified atom stereocenters. The molecule has 1 saturated heterocycles. The molecule has 2 aliphatic rings. The van der Waals surface area contributed by atoms with Crippen LogP contribution in [-0.2, 0) is 14.3 Å². The van der Waals surface area contributed by atoms with Crippen LogP contribution >= 0.6 is 0 Å². The van der Waals surface area contributed by atoms with E-state index in [9.17, 15) is 14.7 Å². The van der Waals surface area contributed by atoms with Gasteiger partial charge in [-0.25, -0.2) is 0 Å². The van der Waals surface area contributed by atoms with E-state index in [2.05, 4.69) is 10.2 Å². The largest absolute Gasteiger partial charge is 0.481 e. The maximum atomic E-state index is 12.0. The molecule has 2 rings (SSSR count). The van der Waals surface area contributed by atoms with Crippen molar-refractivity contribution in [2.45, 2.75) is 38.2 Å². The van der Waals surface area contributed by atoms with Gasteiger partial charge in [-0.05, 0) is 19.9 Å². The van der Waals surface area contributed by atoms with Crippen molar-refractivity contribution >= 4 is 11.9 Å². The zero-order valence-electron chi connectivity index (χ0n) is 12.1. The molecule has 1 atom stereocenters. The number of likely N-dealkylation sites (N-methyl/N-ethyl adjacent to an activating group) is 1. The number of morpholine rings is 1. The number of rotatable bonds is 5. The summed E-state index contributed by atoms with van der Waals surface area (Å²) in [5.74, 6) is -1.01. The fourth-order valence-corrected chi connectivity index (χ4v) is 3.11. The number of nitrogens with one attached hydrogen (secondary N) is 1. The topological polar surface area (TPSA) is 78.9 Å². The number of ether oxygens (including phenoxy) is 1. The van der Waals surface area contributed by atoms with Crippen molar-refractivity contribution in [3.63, 3.8) is 0 Å². The molecule has 0 spiro atoms. The van der Waals surface area contributed by atoms with E-state index in [1.165, 1.54) is 0 Å². The van der Waals surface area contributed by atoms with E-state index in [1.807, 2.05) is 7.05 Å². The van der Waals surface area contributed by atoms with Gasteiger partial charge in [-0.3, -0.25) is 9.59 Å². The lowest BCUT2D eigenvalue weighted by molar-refractivity contribution is -0.151. The van der Waals surface area contributed by atoms with Gasteiger partial charge in [0, 0.05) is 26.1 Å². The molecule has 1 aliphatic heterocycles. The number of nitrogens with zero attached hydrogens (tertiary/aromatic N) is 1. The first-order valence-corrected chi connectivity index (χ1v) is 7.32. The maximum absolute atomic E-state index is 12.0. The van der Waals surface area contributed by atoms with Crippen LogP contribution in [0.2, 0.25) is 0 Å². The Hall–Kier alpha value is -1.14. The summed E-state index contributed by atoms with van der Waals surface area (Å²) in [6, 6.07) is 0. The van der Waals surface area contributed by atoms with Crippen molar-refractivity contribution < 1.29 is 19.4 Å². The van der Waals surface area contributed by atoms with Gasteiger partial charge < -0.3 is 20.1 Å². The first kappa shape index (κ1) is 15.3. The highest BCUT2D eigenvalue weighted by Gasteiger charge is 2.42. The van der Waals surface area contributed by atoms with Gasteiger partial charge in [0.2, 0.25) is 5.91 Å². The van der Waals surface area contributed by atoms with Gasteiger partial charge in [0.1, 0.15) is 0 Å². The van der Waals surface area contributed by atoms with Crippen molar-refractivity contribution in [1.82, 2.24) is 10.2 Å². The number of aliphatic carboxylic acids is 1. The van der Waals surface area contributed by atoms with Crippen molar-refractivity contribution in [1.29, 1.82) is 0 Å². The lowest BCUT2D eigenvalue weighted by Crippen LogP contribution is -2.46.